The van der Waals surface area contributed by atoms with Gasteiger partial charge in [0.2, 0.25) is 5.91 Å². The molecule has 1 aliphatic rings. The second-order valence-corrected chi connectivity index (χ2v) is 5.85. The molecular weight excluding hydrogens is 325 g/mol. The van der Waals surface area contributed by atoms with E-state index in [1.54, 1.807) is 29.2 Å². The van der Waals surface area contributed by atoms with Crippen LogP contribution in [0, 0.1) is 5.92 Å². The van der Waals surface area contributed by atoms with E-state index in [-0.39, 0.29) is 25.3 Å². The molecule has 2 rings (SSSR count). The van der Waals surface area contributed by atoms with Crippen molar-refractivity contribution in [2.75, 3.05) is 32.1 Å². The Bertz CT molecular complexity index is 558. The lowest BCUT2D eigenvalue weighted by Crippen LogP contribution is -2.45. The van der Waals surface area contributed by atoms with E-state index in [4.69, 9.17) is 4.74 Å². The number of aliphatic hydroxyl groups excluding tert-OH is 1. The molecule has 1 atom stereocenters. The van der Waals surface area contributed by atoms with Crippen LogP contribution < -0.4 is 10.1 Å². The van der Waals surface area contributed by atoms with E-state index in [2.05, 4.69) is 5.32 Å². The van der Waals surface area contributed by atoms with Gasteiger partial charge < -0.3 is 15.2 Å². The number of likely N-dealkylation sites (tertiary alicyclic amines) is 1. The first-order valence-electron chi connectivity index (χ1n) is 7.71. The zero-order valence-corrected chi connectivity index (χ0v) is 13.3. The maximum atomic E-state index is 12.5. The Morgan fingerprint density at radius 3 is 2.58 bits per heavy atom. The Kier molecular flexibility index (Phi) is 6.06. The van der Waals surface area contributed by atoms with Gasteiger partial charge in [-0.1, -0.05) is 12.1 Å². The summed E-state index contributed by atoms with van der Waals surface area (Å²) in [5.41, 5.74) is 0.548. The van der Waals surface area contributed by atoms with Crippen LogP contribution in [-0.2, 0) is 4.79 Å². The number of hydrogen-bond donors (Lipinski definition) is 2. The van der Waals surface area contributed by atoms with Crippen molar-refractivity contribution in [2.24, 2.45) is 5.92 Å². The number of ether oxygens (including phenoxy) is 1. The maximum absolute atomic E-state index is 12.5. The molecule has 1 amide bonds. The van der Waals surface area contributed by atoms with Crippen LogP contribution in [0.2, 0.25) is 0 Å². The predicted molar refractivity (Wildman–Crippen MR) is 82.8 cm³/mol. The SMILES string of the molecule is COc1ccccc1NC(=O)CN1CCC(C(O)C(F)(F)F)CC1. The number of rotatable bonds is 5. The first-order valence-corrected chi connectivity index (χ1v) is 7.71. The van der Waals surface area contributed by atoms with E-state index >= 15 is 0 Å². The number of para-hydroxylation sites is 2. The van der Waals surface area contributed by atoms with Gasteiger partial charge in [-0.15, -0.1) is 0 Å². The molecule has 1 heterocycles. The number of nitrogens with one attached hydrogen (secondary N) is 1. The van der Waals surface area contributed by atoms with Crippen LogP contribution in [0.15, 0.2) is 24.3 Å². The minimum atomic E-state index is -4.59. The normalized spacial score (nSPS) is 18.2. The van der Waals surface area contributed by atoms with Crippen LogP contribution >= 0.6 is 0 Å². The molecule has 0 bridgehead atoms. The standard InChI is InChI=1S/C16H21F3N2O3/c1-24-13-5-3-2-4-12(13)20-14(22)10-21-8-6-11(7-9-21)15(23)16(17,18)19/h2-5,11,15,23H,6-10H2,1H3,(H,20,22). The van der Waals surface area contributed by atoms with Crippen molar-refractivity contribution in [3.8, 4) is 5.75 Å². The number of anilines is 1. The number of methoxy groups -OCH3 is 1. The van der Waals surface area contributed by atoms with E-state index in [1.807, 2.05) is 0 Å². The Balaban J connectivity index is 1.82. The summed E-state index contributed by atoms with van der Waals surface area (Å²) in [6, 6.07) is 6.98. The summed E-state index contributed by atoms with van der Waals surface area (Å²) in [4.78, 5) is 13.9. The smallest absolute Gasteiger partial charge is 0.414 e. The number of halogens is 3. The molecule has 0 spiro atoms. The number of aliphatic hydroxyl groups is 1. The largest absolute Gasteiger partial charge is 0.495 e. The molecule has 1 aromatic carbocycles. The van der Waals surface area contributed by atoms with Gasteiger partial charge in [0.25, 0.3) is 0 Å². The van der Waals surface area contributed by atoms with E-state index in [1.165, 1.54) is 7.11 Å². The second-order valence-electron chi connectivity index (χ2n) is 5.85. The van der Waals surface area contributed by atoms with Gasteiger partial charge in [-0.2, -0.15) is 13.2 Å². The van der Waals surface area contributed by atoms with Crippen LogP contribution in [-0.4, -0.2) is 54.9 Å². The molecule has 0 aliphatic carbocycles. The zero-order chi connectivity index (χ0) is 17.7. The lowest BCUT2D eigenvalue weighted by atomic mass is 9.91. The molecule has 1 fully saturated rings. The Morgan fingerprint density at radius 1 is 1.38 bits per heavy atom. The molecule has 134 valence electrons. The van der Waals surface area contributed by atoms with Crippen LogP contribution in [0.1, 0.15) is 12.8 Å². The lowest BCUT2D eigenvalue weighted by Gasteiger charge is -2.34. The van der Waals surface area contributed by atoms with Gasteiger partial charge in [0.1, 0.15) is 5.75 Å². The van der Waals surface area contributed by atoms with Gasteiger partial charge in [-0.25, -0.2) is 0 Å². The van der Waals surface area contributed by atoms with Crippen LogP contribution in [0.5, 0.6) is 5.75 Å². The fourth-order valence-electron chi connectivity index (χ4n) is 2.83. The van der Waals surface area contributed by atoms with Crippen molar-refractivity contribution >= 4 is 11.6 Å². The van der Waals surface area contributed by atoms with E-state index < -0.39 is 18.2 Å². The maximum Gasteiger partial charge on any atom is 0.414 e. The number of alkyl halides is 3. The summed E-state index contributed by atoms with van der Waals surface area (Å²) in [7, 11) is 1.50. The summed E-state index contributed by atoms with van der Waals surface area (Å²) in [6.07, 6.45) is -6.46. The highest BCUT2D eigenvalue weighted by Crippen LogP contribution is 2.31. The molecule has 1 unspecified atom stereocenters. The number of piperidine rings is 1. The molecule has 1 aliphatic heterocycles. The van der Waals surface area contributed by atoms with E-state index in [0.29, 0.717) is 24.5 Å². The molecule has 0 saturated carbocycles. The number of amides is 1. The molecule has 0 radical (unpaired) electrons. The first-order chi connectivity index (χ1) is 11.3. The molecule has 2 N–H and O–H groups in total. The average Bonchev–Trinajstić information content (AvgIpc) is 2.54. The second kappa shape index (κ2) is 7.85. The molecule has 1 aromatic rings. The molecule has 0 aromatic heterocycles. The zero-order valence-electron chi connectivity index (χ0n) is 13.3. The topological polar surface area (TPSA) is 61.8 Å². The molecule has 24 heavy (non-hydrogen) atoms. The average molecular weight is 346 g/mol. The number of benzene rings is 1. The van der Waals surface area contributed by atoms with Crippen LogP contribution in [0.4, 0.5) is 18.9 Å². The van der Waals surface area contributed by atoms with Gasteiger partial charge >= 0.3 is 6.18 Å². The van der Waals surface area contributed by atoms with Crippen molar-refractivity contribution in [3.05, 3.63) is 24.3 Å². The Labute approximate surface area is 138 Å². The van der Waals surface area contributed by atoms with Crippen molar-refractivity contribution in [3.63, 3.8) is 0 Å². The fraction of sp³-hybridized carbons (Fsp3) is 0.562. The third-order valence-electron chi connectivity index (χ3n) is 4.16. The Hall–Kier alpha value is -1.80. The lowest BCUT2D eigenvalue weighted by molar-refractivity contribution is -0.223. The third-order valence-corrected chi connectivity index (χ3v) is 4.16. The number of nitrogens with zero attached hydrogens (tertiary/aromatic N) is 1. The van der Waals surface area contributed by atoms with Crippen molar-refractivity contribution < 1.29 is 27.8 Å². The minimum absolute atomic E-state index is 0.0902. The first kappa shape index (κ1) is 18.5. The fourth-order valence-corrected chi connectivity index (χ4v) is 2.83. The number of hydrogen-bond acceptors (Lipinski definition) is 4. The Morgan fingerprint density at radius 2 is 2.00 bits per heavy atom. The highest BCUT2D eigenvalue weighted by atomic mass is 19.4. The third kappa shape index (κ3) is 4.85. The molecule has 5 nitrogen and oxygen atoms in total. The molecule has 1 saturated heterocycles. The molecule has 8 heteroatoms. The summed E-state index contributed by atoms with van der Waals surface area (Å²) < 4.78 is 42.7. The van der Waals surface area contributed by atoms with Gasteiger partial charge in [0.15, 0.2) is 6.10 Å². The van der Waals surface area contributed by atoms with Crippen LogP contribution in [0.3, 0.4) is 0 Å². The highest BCUT2D eigenvalue weighted by molar-refractivity contribution is 5.93. The van der Waals surface area contributed by atoms with Crippen LogP contribution in [0.25, 0.3) is 0 Å². The van der Waals surface area contributed by atoms with Gasteiger partial charge in [-0.05, 0) is 44.0 Å². The van der Waals surface area contributed by atoms with E-state index in [0.717, 1.165) is 0 Å². The van der Waals surface area contributed by atoms with Crippen molar-refractivity contribution in [2.45, 2.75) is 25.1 Å². The summed E-state index contributed by atoms with van der Waals surface area (Å²) >= 11 is 0. The quantitative estimate of drug-likeness (QED) is 0.859. The predicted octanol–water partition coefficient (Wildman–Crippen LogP) is 2.27. The summed E-state index contributed by atoms with van der Waals surface area (Å²) in [6.45, 7) is 0.779. The van der Waals surface area contributed by atoms with Gasteiger partial charge in [0, 0.05) is 0 Å². The monoisotopic (exact) mass is 346 g/mol. The number of carbonyl (C=O) groups excluding carboxylic acids is 1. The summed E-state index contributed by atoms with van der Waals surface area (Å²) in [5.74, 6) is -0.522. The molecular formula is C16H21F3N2O3. The van der Waals surface area contributed by atoms with E-state index in [9.17, 15) is 23.1 Å². The summed E-state index contributed by atoms with van der Waals surface area (Å²) in [5, 5.41) is 12.0. The van der Waals surface area contributed by atoms with Gasteiger partial charge in [0.05, 0.1) is 19.3 Å². The number of carbonyl (C=O) groups is 1. The minimum Gasteiger partial charge on any atom is -0.495 e. The highest BCUT2D eigenvalue weighted by Gasteiger charge is 2.44. The van der Waals surface area contributed by atoms with Crippen molar-refractivity contribution in [1.82, 2.24) is 4.90 Å². The van der Waals surface area contributed by atoms with Crippen molar-refractivity contribution in [1.29, 1.82) is 0 Å². The van der Waals surface area contributed by atoms with Gasteiger partial charge in [-0.3, -0.25) is 9.69 Å².